The second kappa shape index (κ2) is 9.31. The number of carbonyl (C=O) groups excluding carboxylic acids is 2. The number of amides is 2. The van der Waals surface area contributed by atoms with Crippen LogP contribution in [0.3, 0.4) is 0 Å². The van der Waals surface area contributed by atoms with Crippen LogP contribution in [0.2, 0.25) is 0 Å². The van der Waals surface area contributed by atoms with Gasteiger partial charge in [0.15, 0.2) is 5.11 Å². The molecule has 2 aromatic carbocycles. The highest BCUT2D eigenvalue weighted by Gasteiger charge is 2.34. The van der Waals surface area contributed by atoms with Crippen molar-refractivity contribution >= 4 is 46.6 Å². The Labute approximate surface area is 187 Å². The lowest BCUT2D eigenvalue weighted by molar-refractivity contribution is -0.122. The Kier molecular flexibility index (Phi) is 6.32. The van der Waals surface area contributed by atoms with E-state index in [9.17, 15) is 9.59 Å². The van der Waals surface area contributed by atoms with Gasteiger partial charge in [0.1, 0.15) is 11.3 Å². The lowest BCUT2D eigenvalue weighted by atomic mass is 10.1. The Morgan fingerprint density at radius 3 is 2.48 bits per heavy atom. The summed E-state index contributed by atoms with van der Waals surface area (Å²) < 4.78 is 5.53. The summed E-state index contributed by atoms with van der Waals surface area (Å²) in [5, 5.41) is 2.68. The summed E-state index contributed by atoms with van der Waals surface area (Å²) in [6, 6.07) is 15.0. The molecule has 0 spiro atoms. The molecule has 4 rings (SSSR count). The van der Waals surface area contributed by atoms with Gasteiger partial charge in [-0.2, -0.15) is 0 Å². The predicted octanol–water partition coefficient (Wildman–Crippen LogP) is 3.91. The molecule has 2 heterocycles. The Balaban J connectivity index is 1.59. The molecule has 0 saturated carbocycles. The van der Waals surface area contributed by atoms with Gasteiger partial charge in [0.05, 0.1) is 12.3 Å². The molecule has 7 heteroatoms. The van der Waals surface area contributed by atoms with Crippen molar-refractivity contribution in [1.82, 2.24) is 5.32 Å². The van der Waals surface area contributed by atoms with Crippen molar-refractivity contribution in [3.63, 3.8) is 0 Å². The Bertz CT molecular complexity index is 1030. The first-order valence-corrected chi connectivity index (χ1v) is 11.0. The molecule has 0 atom stereocenters. The van der Waals surface area contributed by atoms with Crippen LogP contribution in [0.4, 0.5) is 11.4 Å². The molecule has 1 N–H and O–H groups in total. The van der Waals surface area contributed by atoms with Gasteiger partial charge in [0, 0.05) is 24.8 Å². The highest BCUT2D eigenvalue weighted by molar-refractivity contribution is 7.80. The minimum Gasteiger partial charge on any atom is -0.494 e. The van der Waals surface area contributed by atoms with Crippen LogP contribution in [0.5, 0.6) is 5.75 Å². The predicted molar refractivity (Wildman–Crippen MR) is 126 cm³/mol. The third-order valence-corrected chi connectivity index (χ3v) is 5.70. The molecule has 2 aromatic rings. The number of carbonyl (C=O) groups is 2. The monoisotopic (exact) mass is 435 g/mol. The molecule has 0 aliphatic carbocycles. The fraction of sp³-hybridized carbons (Fsp3) is 0.292. The largest absolute Gasteiger partial charge is 0.494 e. The molecule has 6 nitrogen and oxygen atoms in total. The minimum atomic E-state index is -0.493. The number of thiocarbonyl (C=S) groups is 1. The molecule has 0 unspecified atom stereocenters. The molecule has 31 heavy (non-hydrogen) atoms. The van der Waals surface area contributed by atoms with Crippen LogP contribution >= 0.6 is 12.2 Å². The lowest BCUT2D eigenvalue weighted by Gasteiger charge is -2.29. The van der Waals surface area contributed by atoms with Gasteiger partial charge in [0.2, 0.25) is 0 Å². The Hall–Kier alpha value is -3.19. The van der Waals surface area contributed by atoms with E-state index in [1.165, 1.54) is 24.2 Å². The maximum absolute atomic E-state index is 13.2. The van der Waals surface area contributed by atoms with Crippen molar-refractivity contribution in [3.8, 4) is 5.75 Å². The Morgan fingerprint density at radius 2 is 1.77 bits per heavy atom. The second-order valence-corrected chi connectivity index (χ2v) is 7.91. The van der Waals surface area contributed by atoms with Gasteiger partial charge in [-0.25, -0.2) is 0 Å². The maximum atomic E-state index is 13.2. The summed E-state index contributed by atoms with van der Waals surface area (Å²) in [5.41, 5.74) is 2.54. The van der Waals surface area contributed by atoms with Gasteiger partial charge < -0.3 is 9.64 Å². The molecule has 2 aliphatic rings. The summed E-state index contributed by atoms with van der Waals surface area (Å²) in [7, 11) is 0. The first-order valence-electron chi connectivity index (χ1n) is 10.6. The minimum absolute atomic E-state index is 0.0427. The van der Waals surface area contributed by atoms with E-state index in [0.717, 1.165) is 24.3 Å². The van der Waals surface area contributed by atoms with E-state index in [1.807, 2.05) is 37.3 Å². The molecule has 2 amide bonds. The highest BCUT2D eigenvalue weighted by atomic mass is 32.1. The number of piperidine rings is 1. The van der Waals surface area contributed by atoms with Gasteiger partial charge in [-0.3, -0.25) is 19.8 Å². The first kappa shape index (κ1) is 21.1. The van der Waals surface area contributed by atoms with E-state index in [1.54, 1.807) is 24.3 Å². The zero-order valence-electron chi connectivity index (χ0n) is 17.5. The second-order valence-electron chi connectivity index (χ2n) is 7.53. The molecule has 160 valence electrons. The van der Waals surface area contributed by atoms with E-state index in [2.05, 4.69) is 10.2 Å². The molecule has 2 saturated heterocycles. The van der Waals surface area contributed by atoms with Gasteiger partial charge in [-0.05, 0) is 74.3 Å². The standard InChI is InChI=1S/C24H25N3O3S/c1-2-30-20-8-6-7-19(16-20)27-23(29)21(22(28)25-24(27)31)15-17-9-11-18(12-10-17)26-13-4-3-5-14-26/h6-12,15-16H,2-5,13-14H2,1H3,(H,25,28,31)/b21-15+. The molecular formula is C24H25N3O3S. The number of nitrogens with zero attached hydrogens (tertiary/aromatic N) is 2. The van der Waals surface area contributed by atoms with Crippen molar-refractivity contribution in [1.29, 1.82) is 0 Å². The molecule has 0 bridgehead atoms. The van der Waals surface area contributed by atoms with Crippen molar-refractivity contribution in [3.05, 3.63) is 59.7 Å². The third-order valence-electron chi connectivity index (χ3n) is 5.41. The van der Waals surface area contributed by atoms with E-state index in [0.29, 0.717) is 18.0 Å². The number of benzene rings is 2. The van der Waals surface area contributed by atoms with Crippen LogP contribution in [0.1, 0.15) is 31.7 Å². The van der Waals surface area contributed by atoms with Crippen LogP contribution in [0.15, 0.2) is 54.1 Å². The van der Waals surface area contributed by atoms with Gasteiger partial charge in [-0.15, -0.1) is 0 Å². The third kappa shape index (κ3) is 4.61. The smallest absolute Gasteiger partial charge is 0.270 e. The van der Waals surface area contributed by atoms with Crippen molar-refractivity contribution in [2.24, 2.45) is 0 Å². The zero-order valence-corrected chi connectivity index (χ0v) is 18.3. The fourth-order valence-corrected chi connectivity index (χ4v) is 4.15. The SMILES string of the molecule is CCOc1cccc(N2C(=O)/C(=C/c3ccc(N4CCCCC4)cc3)C(=O)NC2=S)c1. The summed E-state index contributed by atoms with van der Waals surface area (Å²) in [4.78, 5) is 29.4. The maximum Gasteiger partial charge on any atom is 0.270 e. The van der Waals surface area contributed by atoms with Crippen molar-refractivity contribution in [2.45, 2.75) is 26.2 Å². The number of ether oxygens (including phenoxy) is 1. The topological polar surface area (TPSA) is 61.9 Å². The quantitative estimate of drug-likeness (QED) is 0.438. The Morgan fingerprint density at radius 1 is 1.03 bits per heavy atom. The summed E-state index contributed by atoms with van der Waals surface area (Å²) in [5.74, 6) is -0.318. The zero-order chi connectivity index (χ0) is 21.8. The van der Waals surface area contributed by atoms with Gasteiger partial charge in [0.25, 0.3) is 11.8 Å². The molecule has 0 radical (unpaired) electrons. The van der Waals surface area contributed by atoms with Crippen LogP contribution in [0.25, 0.3) is 6.08 Å². The average molecular weight is 436 g/mol. The lowest BCUT2D eigenvalue weighted by Crippen LogP contribution is -2.54. The number of anilines is 2. The molecule has 0 aromatic heterocycles. The average Bonchev–Trinajstić information content (AvgIpc) is 2.78. The number of hydrogen-bond acceptors (Lipinski definition) is 5. The van der Waals surface area contributed by atoms with Crippen LogP contribution in [-0.4, -0.2) is 36.6 Å². The van der Waals surface area contributed by atoms with Crippen molar-refractivity contribution in [2.75, 3.05) is 29.5 Å². The van der Waals surface area contributed by atoms with Crippen LogP contribution < -0.4 is 19.9 Å². The fourth-order valence-electron chi connectivity index (χ4n) is 3.87. The van der Waals surface area contributed by atoms with Gasteiger partial charge >= 0.3 is 0 Å². The van der Waals surface area contributed by atoms with E-state index in [-0.39, 0.29) is 10.7 Å². The van der Waals surface area contributed by atoms with Gasteiger partial charge in [-0.1, -0.05) is 18.2 Å². The number of rotatable bonds is 5. The van der Waals surface area contributed by atoms with Crippen LogP contribution in [0, 0.1) is 0 Å². The van der Waals surface area contributed by atoms with E-state index >= 15 is 0 Å². The highest BCUT2D eigenvalue weighted by Crippen LogP contribution is 2.26. The van der Waals surface area contributed by atoms with E-state index < -0.39 is 11.8 Å². The molecular weight excluding hydrogens is 410 g/mol. The summed E-state index contributed by atoms with van der Waals surface area (Å²) in [6.07, 6.45) is 5.31. The molecule has 2 aliphatic heterocycles. The normalized spacial score (nSPS) is 18.4. The first-order chi connectivity index (χ1) is 15.1. The summed E-state index contributed by atoms with van der Waals surface area (Å²) >= 11 is 5.28. The van der Waals surface area contributed by atoms with Crippen LogP contribution in [-0.2, 0) is 9.59 Å². The molecule has 2 fully saturated rings. The van der Waals surface area contributed by atoms with E-state index in [4.69, 9.17) is 17.0 Å². The number of nitrogens with one attached hydrogen (secondary N) is 1. The van der Waals surface area contributed by atoms with Crippen molar-refractivity contribution < 1.29 is 14.3 Å². The summed E-state index contributed by atoms with van der Waals surface area (Å²) in [6.45, 7) is 4.53. The number of hydrogen-bond donors (Lipinski definition) is 1.